The van der Waals surface area contributed by atoms with Crippen LogP contribution in [0.25, 0.3) is 0 Å². The molecule has 1 N–H and O–H groups in total. The van der Waals surface area contributed by atoms with Crippen molar-refractivity contribution in [2.24, 2.45) is 0 Å². The van der Waals surface area contributed by atoms with Crippen molar-refractivity contribution in [3.8, 4) is 0 Å². The van der Waals surface area contributed by atoms with Gasteiger partial charge in [0.25, 0.3) is 0 Å². The molecule has 1 fully saturated rings. The average Bonchev–Trinajstić information content (AvgIpc) is 2.28. The number of hydrogen-bond donors (Lipinski definition) is 1. The van der Waals surface area contributed by atoms with Gasteiger partial charge in [0.2, 0.25) is 0 Å². The van der Waals surface area contributed by atoms with Gasteiger partial charge in [-0.15, -0.1) is 0 Å². The van der Waals surface area contributed by atoms with E-state index in [2.05, 4.69) is 26.0 Å². The molecule has 0 spiro atoms. The first-order chi connectivity index (χ1) is 7.66. The van der Waals surface area contributed by atoms with E-state index >= 15 is 0 Å². The van der Waals surface area contributed by atoms with Gasteiger partial charge in [0.1, 0.15) is 0 Å². The second kappa shape index (κ2) is 5.71. The van der Waals surface area contributed by atoms with Crippen molar-refractivity contribution < 1.29 is 5.11 Å². The zero-order valence-electron chi connectivity index (χ0n) is 9.67. The predicted molar refractivity (Wildman–Crippen MR) is 70.1 cm³/mol. The minimum atomic E-state index is -0.216. The van der Waals surface area contributed by atoms with Crippen molar-refractivity contribution in [2.75, 3.05) is 0 Å². The number of hydrogen-bond acceptors (Lipinski definition) is 1. The molecule has 1 heterocycles. The summed E-state index contributed by atoms with van der Waals surface area (Å²) in [6, 6.07) is 10.2. The Morgan fingerprint density at radius 1 is 1.12 bits per heavy atom. The van der Waals surface area contributed by atoms with E-state index in [9.17, 15) is 5.11 Å². The van der Waals surface area contributed by atoms with Crippen LogP contribution >= 0.6 is 0 Å². The summed E-state index contributed by atoms with van der Waals surface area (Å²) in [5.74, 6) is 0. The summed E-state index contributed by atoms with van der Waals surface area (Å²) >= 11 is 1.23. The molecule has 4 atom stereocenters. The molecular weight excluding hydrogens is 330 g/mol. The molecule has 88 valence electrons. The van der Waals surface area contributed by atoms with Crippen LogP contribution in [0, 0.1) is 0 Å². The molecule has 2 unspecified atom stereocenters. The van der Waals surface area contributed by atoms with E-state index < -0.39 is 0 Å². The summed E-state index contributed by atoms with van der Waals surface area (Å²) < 4.78 is 0.571. The Labute approximate surface area is 110 Å². The van der Waals surface area contributed by atoms with Crippen molar-refractivity contribution in [3.05, 3.63) is 35.9 Å². The second-order valence-electron chi connectivity index (χ2n) is 4.35. The molecular formula is C13H18OSe2. The summed E-state index contributed by atoms with van der Waals surface area (Å²) in [5.41, 5.74) is 1.11. The van der Waals surface area contributed by atoms with Crippen LogP contribution in [0.1, 0.15) is 31.9 Å². The van der Waals surface area contributed by atoms with E-state index in [0.29, 0.717) is 33.6 Å². The van der Waals surface area contributed by atoms with Gasteiger partial charge in [-0.05, 0) is 0 Å². The van der Waals surface area contributed by atoms with Gasteiger partial charge in [0.15, 0.2) is 0 Å². The molecule has 1 nitrogen and oxygen atoms in total. The summed E-state index contributed by atoms with van der Waals surface area (Å²) in [4.78, 5) is 1.67. The molecule has 1 aromatic carbocycles. The first-order valence-electron chi connectivity index (χ1n) is 5.70. The van der Waals surface area contributed by atoms with Gasteiger partial charge >= 0.3 is 111 Å². The van der Waals surface area contributed by atoms with Gasteiger partial charge in [-0.25, -0.2) is 0 Å². The normalized spacial score (nSPS) is 32.3. The molecule has 1 aromatic rings. The molecule has 1 aliphatic heterocycles. The van der Waals surface area contributed by atoms with Crippen molar-refractivity contribution >= 4 is 29.9 Å². The number of aliphatic hydroxyl groups excluding tert-OH is 1. The maximum absolute atomic E-state index is 10.4. The topological polar surface area (TPSA) is 20.2 Å². The summed E-state index contributed by atoms with van der Waals surface area (Å²) in [6.07, 6.45) is 1.16. The van der Waals surface area contributed by atoms with E-state index in [1.165, 1.54) is 6.42 Å². The van der Waals surface area contributed by atoms with Crippen molar-refractivity contribution in [1.29, 1.82) is 0 Å². The fourth-order valence-corrected chi connectivity index (χ4v) is 12.5. The van der Waals surface area contributed by atoms with Gasteiger partial charge in [-0.2, -0.15) is 0 Å². The SMILES string of the molecule is C[C@@H]1C[C@H](C)[Se]C(C(O)c2ccccc2)[Se]1. The van der Waals surface area contributed by atoms with E-state index in [1.54, 1.807) is 0 Å². The number of rotatable bonds is 2. The van der Waals surface area contributed by atoms with Crippen LogP contribution in [-0.4, -0.2) is 35.0 Å². The van der Waals surface area contributed by atoms with Crippen molar-refractivity contribution in [2.45, 2.75) is 39.7 Å². The Morgan fingerprint density at radius 3 is 2.25 bits per heavy atom. The molecule has 1 aliphatic rings. The van der Waals surface area contributed by atoms with Gasteiger partial charge in [0, 0.05) is 0 Å². The first-order valence-corrected chi connectivity index (χ1v) is 9.66. The first kappa shape index (κ1) is 12.7. The van der Waals surface area contributed by atoms with E-state index in [4.69, 9.17) is 0 Å². The third-order valence-electron chi connectivity index (χ3n) is 2.80. The van der Waals surface area contributed by atoms with Crippen LogP contribution in [0.15, 0.2) is 30.3 Å². The molecule has 0 amide bonds. The van der Waals surface area contributed by atoms with Crippen LogP contribution in [0.3, 0.4) is 0 Å². The summed E-state index contributed by atoms with van der Waals surface area (Å²) in [5, 5.41) is 10.4. The number of benzene rings is 1. The van der Waals surface area contributed by atoms with Gasteiger partial charge in [-0.3, -0.25) is 0 Å². The zero-order valence-corrected chi connectivity index (χ0v) is 13.1. The fraction of sp³-hybridized carbons (Fsp3) is 0.538. The molecule has 0 aliphatic carbocycles. The Kier molecular flexibility index (Phi) is 4.52. The Morgan fingerprint density at radius 2 is 1.69 bits per heavy atom. The molecule has 0 saturated carbocycles. The standard InChI is InChI=1S/C13H18OSe2/c1-9-8-10(2)16-13(15-9)12(14)11-6-4-3-5-7-11/h3-7,9-10,12-14H,8H2,1-2H3/t9-,10+,12?,13?. The Hall–Kier alpha value is 0.219. The average molecular weight is 348 g/mol. The molecule has 1 saturated heterocycles. The summed E-state index contributed by atoms with van der Waals surface area (Å²) in [6.45, 7) is 4.69. The van der Waals surface area contributed by atoms with Gasteiger partial charge in [0.05, 0.1) is 0 Å². The molecule has 2 rings (SSSR count). The molecule has 16 heavy (non-hydrogen) atoms. The van der Waals surface area contributed by atoms with E-state index in [1.807, 2.05) is 18.2 Å². The van der Waals surface area contributed by atoms with Gasteiger partial charge < -0.3 is 0 Å². The van der Waals surface area contributed by atoms with Crippen LogP contribution in [0.5, 0.6) is 0 Å². The fourth-order valence-electron chi connectivity index (χ4n) is 2.02. The van der Waals surface area contributed by atoms with Crippen molar-refractivity contribution in [1.82, 2.24) is 0 Å². The third kappa shape index (κ3) is 3.12. The third-order valence-corrected chi connectivity index (χ3v) is 10.2. The van der Waals surface area contributed by atoms with Crippen LogP contribution < -0.4 is 0 Å². The van der Waals surface area contributed by atoms with Crippen LogP contribution in [-0.2, 0) is 0 Å². The van der Waals surface area contributed by atoms with Crippen molar-refractivity contribution in [3.63, 3.8) is 0 Å². The van der Waals surface area contributed by atoms with Crippen LogP contribution in [0.2, 0.25) is 13.3 Å². The number of aliphatic hydroxyl groups is 1. The van der Waals surface area contributed by atoms with E-state index in [0.717, 1.165) is 15.2 Å². The minimum absolute atomic E-state index is 0.216. The molecule has 0 radical (unpaired) electrons. The zero-order chi connectivity index (χ0) is 11.5. The summed E-state index contributed by atoms with van der Waals surface area (Å²) in [7, 11) is 0. The molecule has 0 bridgehead atoms. The second-order valence-corrected chi connectivity index (χ2v) is 12.5. The Bertz CT molecular complexity index is 318. The Balaban J connectivity index is 2.07. The monoisotopic (exact) mass is 350 g/mol. The molecule has 0 aromatic heterocycles. The maximum atomic E-state index is 10.4. The quantitative estimate of drug-likeness (QED) is 0.815. The van der Waals surface area contributed by atoms with Crippen LogP contribution in [0.4, 0.5) is 0 Å². The van der Waals surface area contributed by atoms with Gasteiger partial charge in [-0.1, -0.05) is 0 Å². The predicted octanol–water partition coefficient (Wildman–Crippen LogP) is 2.89. The molecule has 3 heteroatoms. The van der Waals surface area contributed by atoms with E-state index in [-0.39, 0.29) is 6.10 Å².